The zero-order chi connectivity index (χ0) is 14.5. The van der Waals surface area contributed by atoms with E-state index in [1.165, 1.54) is 0 Å². The molecule has 0 aliphatic heterocycles. The number of benzene rings is 1. The van der Waals surface area contributed by atoms with E-state index in [1.54, 1.807) is 12.1 Å². The molecule has 0 bridgehead atoms. The molecule has 0 aromatic heterocycles. The number of hydrogen-bond acceptors (Lipinski definition) is 3. The summed E-state index contributed by atoms with van der Waals surface area (Å²) < 4.78 is 0. The van der Waals surface area contributed by atoms with E-state index in [0.717, 1.165) is 12.0 Å². The SMILES string of the molecule is CCC[C@H](N)C(=O)Nc1ccc(C(C)(C)C#N)cc1. The fourth-order valence-corrected chi connectivity index (χ4v) is 1.71. The second kappa shape index (κ2) is 6.35. The van der Waals surface area contributed by atoms with Crippen LogP contribution in [0.2, 0.25) is 0 Å². The molecule has 1 aromatic rings. The number of nitriles is 1. The number of carbonyl (C=O) groups is 1. The van der Waals surface area contributed by atoms with Gasteiger partial charge in [-0.25, -0.2) is 0 Å². The predicted octanol–water partition coefficient (Wildman–Crippen LogP) is 2.55. The Hall–Kier alpha value is -1.86. The van der Waals surface area contributed by atoms with Gasteiger partial charge in [0.1, 0.15) is 0 Å². The maximum Gasteiger partial charge on any atom is 0.241 e. The fraction of sp³-hybridized carbons (Fsp3) is 0.467. The molecule has 4 nitrogen and oxygen atoms in total. The third kappa shape index (κ3) is 4.08. The molecular formula is C15H21N3O. The summed E-state index contributed by atoms with van der Waals surface area (Å²) in [5.41, 5.74) is 6.84. The van der Waals surface area contributed by atoms with Gasteiger partial charge in [-0.1, -0.05) is 25.5 Å². The minimum atomic E-state index is -0.527. The highest BCUT2D eigenvalue weighted by atomic mass is 16.2. The van der Waals surface area contributed by atoms with Gasteiger partial charge in [0.15, 0.2) is 0 Å². The quantitative estimate of drug-likeness (QED) is 0.852. The molecule has 1 atom stereocenters. The third-order valence-corrected chi connectivity index (χ3v) is 3.09. The normalized spacial score (nSPS) is 12.6. The van der Waals surface area contributed by atoms with Gasteiger partial charge >= 0.3 is 0 Å². The average molecular weight is 259 g/mol. The van der Waals surface area contributed by atoms with Crippen LogP contribution in [0.3, 0.4) is 0 Å². The van der Waals surface area contributed by atoms with Gasteiger partial charge in [0.2, 0.25) is 5.91 Å². The van der Waals surface area contributed by atoms with E-state index in [4.69, 9.17) is 11.0 Å². The summed E-state index contributed by atoms with van der Waals surface area (Å²) >= 11 is 0. The van der Waals surface area contributed by atoms with Gasteiger partial charge in [-0.05, 0) is 38.0 Å². The summed E-state index contributed by atoms with van der Waals surface area (Å²) in [6.45, 7) is 5.71. The second-order valence-electron chi connectivity index (χ2n) is 5.20. The van der Waals surface area contributed by atoms with Crippen molar-refractivity contribution < 1.29 is 4.79 Å². The zero-order valence-electron chi connectivity index (χ0n) is 11.7. The first-order chi connectivity index (χ1) is 8.90. The van der Waals surface area contributed by atoms with Crippen LogP contribution in [0.15, 0.2) is 24.3 Å². The van der Waals surface area contributed by atoms with Crippen molar-refractivity contribution in [3.8, 4) is 6.07 Å². The Kier molecular flexibility index (Phi) is 5.08. The van der Waals surface area contributed by atoms with Gasteiger partial charge in [0.05, 0.1) is 17.5 Å². The van der Waals surface area contributed by atoms with Crippen molar-refractivity contribution in [2.75, 3.05) is 5.32 Å². The van der Waals surface area contributed by atoms with Crippen molar-refractivity contribution in [2.45, 2.75) is 45.1 Å². The molecule has 1 amide bonds. The van der Waals surface area contributed by atoms with Crippen molar-refractivity contribution in [3.63, 3.8) is 0 Å². The lowest BCUT2D eigenvalue weighted by atomic mass is 9.86. The van der Waals surface area contributed by atoms with E-state index in [1.807, 2.05) is 32.9 Å². The van der Waals surface area contributed by atoms with Crippen LogP contribution in [0.5, 0.6) is 0 Å². The summed E-state index contributed by atoms with van der Waals surface area (Å²) in [5, 5.41) is 11.8. The highest BCUT2D eigenvalue weighted by molar-refractivity contribution is 5.94. The number of nitrogens with two attached hydrogens (primary N) is 1. The lowest BCUT2D eigenvalue weighted by Gasteiger charge is -2.16. The molecule has 19 heavy (non-hydrogen) atoms. The Morgan fingerprint density at radius 2 is 2.00 bits per heavy atom. The molecule has 0 saturated carbocycles. The number of nitrogens with one attached hydrogen (secondary N) is 1. The first kappa shape index (κ1) is 15.2. The highest BCUT2D eigenvalue weighted by Gasteiger charge is 2.19. The zero-order valence-corrected chi connectivity index (χ0v) is 11.7. The molecule has 3 N–H and O–H groups in total. The van der Waals surface area contributed by atoms with Gasteiger partial charge in [-0.2, -0.15) is 5.26 Å². The topological polar surface area (TPSA) is 78.9 Å². The molecule has 0 aliphatic carbocycles. The number of hydrogen-bond donors (Lipinski definition) is 2. The minimum Gasteiger partial charge on any atom is -0.325 e. The number of carbonyl (C=O) groups excluding carboxylic acids is 1. The van der Waals surface area contributed by atoms with Gasteiger partial charge in [-0.15, -0.1) is 0 Å². The molecule has 0 radical (unpaired) electrons. The van der Waals surface area contributed by atoms with Crippen LogP contribution in [0.4, 0.5) is 5.69 Å². The van der Waals surface area contributed by atoms with E-state index < -0.39 is 11.5 Å². The molecule has 0 spiro atoms. The number of nitrogens with zero attached hydrogens (tertiary/aromatic N) is 1. The van der Waals surface area contributed by atoms with Crippen molar-refractivity contribution >= 4 is 11.6 Å². The number of rotatable bonds is 5. The Balaban J connectivity index is 2.73. The van der Waals surface area contributed by atoms with Crippen LogP contribution in [-0.2, 0) is 10.2 Å². The van der Waals surface area contributed by atoms with E-state index in [2.05, 4.69) is 11.4 Å². The van der Waals surface area contributed by atoms with Crippen molar-refractivity contribution in [3.05, 3.63) is 29.8 Å². The van der Waals surface area contributed by atoms with Crippen LogP contribution in [0, 0.1) is 11.3 Å². The van der Waals surface area contributed by atoms with E-state index in [9.17, 15) is 4.79 Å². The van der Waals surface area contributed by atoms with Gasteiger partial charge < -0.3 is 11.1 Å². The molecule has 0 fully saturated rings. The fourth-order valence-electron chi connectivity index (χ4n) is 1.71. The average Bonchev–Trinajstić information content (AvgIpc) is 2.39. The van der Waals surface area contributed by atoms with Gasteiger partial charge in [0, 0.05) is 5.69 Å². The van der Waals surface area contributed by atoms with E-state index in [-0.39, 0.29) is 5.91 Å². The van der Waals surface area contributed by atoms with Gasteiger partial charge in [0.25, 0.3) is 0 Å². The molecule has 0 aliphatic rings. The number of amides is 1. The minimum absolute atomic E-state index is 0.172. The standard InChI is InChI=1S/C15H21N3O/c1-4-5-13(17)14(19)18-12-8-6-11(7-9-12)15(2,3)10-16/h6-9,13H,4-5,17H2,1-3H3,(H,18,19)/t13-/m0/s1. The van der Waals surface area contributed by atoms with Crippen molar-refractivity contribution in [2.24, 2.45) is 5.73 Å². The lowest BCUT2D eigenvalue weighted by molar-refractivity contribution is -0.117. The molecule has 1 aromatic carbocycles. The van der Waals surface area contributed by atoms with Crippen LogP contribution < -0.4 is 11.1 Å². The van der Waals surface area contributed by atoms with Crippen molar-refractivity contribution in [1.29, 1.82) is 5.26 Å². The smallest absolute Gasteiger partial charge is 0.241 e. The first-order valence-corrected chi connectivity index (χ1v) is 6.49. The van der Waals surface area contributed by atoms with Crippen LogP contribution >= 0.6 is 0 Å². The maximum absolute atomic E-state index is 11.8. The molecule has 0 heterocycles. The van der Waals surface area contributed by atoms with E-state index >= 15 is 0 Å². The van der Waals surface area contributed by atoms with Gasteiger partial charge in [-0.3, -0.25) is 4.79 Å². The summed E-state index contributed by atoms with van der Waals surface area (Å²) in [6, 6.07) is 9.07. The summed E-state index contributed by atoms with van der Waals surface area (Å²) in [6.07, 6.45) is 1.55. The predicted molar refractivity (Wildman–Crippen MR) is 76.6 cm³/mol. The Morgan fingerprint density at radius 1 is 1.42 bits per heavy atom. The Morgan fingerprint density at radius 3 is 2.47 bits per heavy atom. The van der Waals surface area contributed by atoms with Crippen LogP contribution in [0.1, 0.15) is 39.2 Å². The lowest BCUT2D eigenvalue weighted by Crippen LogP contribution is -2.35. The Bertz CT molecular complexity index is 471. The molecule has 1 rings (SSSR count). The van der Waals surface area contributed by atoms with Crippen LogP contribution in [-0.4, -0.2) is 11.9 Å². The molecule has 0 saturated heterocycles. The monoisotopic (exact) mass is 259 g/mol. The number of anilines is 1. The summed E-state index contributed by atoms with van der Waals surface area (Å²) in [5.74, 6) is -0.172. The molecular weight excluding hydrogens is 238 g/mol. The second-order valence-corrected chi connectivity index (χ2v) is 5.20. The van der Waals surface area contributed by atoms with Crippen LogP contribution in [0.25, 0.3) is 0 Å². The third-order valence-electron chi connectivity index (χ3n) is 3.09. The largest absolute Gasteiger partial charge is 0.325 e. The first-order valence-electron chi connectivity index (χ1n) is 6.49. The highest BCUT2D eigenvalue weighted by Crippen LogP contribution is 2.23. The maximum atomic E-state index is 11.8. The van der Waals surface area contributed by atoms with Crippen molar-refractivity contribution in [1.82, 2.24) is 0 Å². The summed E-state index contributed by atoms with van der Waals surface area (Å²) in [4.78, 5) is 11.8. The molecule has 0 unspecified atom stereocenters. The molecule has 102 valence electrons. The summed E-state index contributed by atoms with van der Waals surface area (Å²) in [7, 11) is 0. The van der Waals surface area contributed by atoms with E-state index in [0.29, 0.717) is 12.1 Å². The molecule has 4 heteroatoms. The Labute approximate surface area is 114 Å².